The summed E-state index contributed by atoms with van der Waals surface area (Å²) < 4.78 is 0. The summed E-state index contributed by atoms with van der Waals surface area (Å²) in [6.07, 6.45) is 7.71. The van der Waals surface area contributed by atoms with E-state index in [0.717, 1.165) is 18.4 Å². The topological polar surface area (TPSA) is 36.4 Å². The molecule has 0 aromatic rings. The maximum atomic E-state index is 4.27. The molecule has 1 aliphatic rings. The summed E-state index contributed by atoms with van der Waals surface area (Å²) in [6.45, 7) is 5.59. The van der Waals surface area contributed by atoms with E-state index in [0.29, 0.717) is 6.04 Å². The van der Waals surface area contributed by atoms with Gasteiger partial charge in [0.1, 0.15) is 0 Å². The summed E-state index contributed by atoms with van der Waals surface area (Å²) in [5, 5.41) is 6.89. The number of guanidine groups is 1. The van der Waals surface area contributed by atoms with Crippen molar-refractivity contribution in [2.24, 2.45) is 10.9 Å². The SMILES string of the molecule is CCCCNC(=NC)NC1CCC(C)CC1.I. The Balaban J connectivity index is 0.00000256. The van der Waals surface area contributed by atoms with Gasteiger partial charge in [0.15, 0.2) is 5.96 Å². The minimum Gasteiger partial charge on any atom is -0.356 e. The Morgan fingerprint density at radius 3 is 2.41 bits per heavy atom. The monoisotopic (exact) mass is 353 g/mol. The van der Waals surface area contributed by atoms with Crippen LogP contribution in [-0.4, -0.2) is 25.6 Å². The largest absolute Gasteiger partial charge is 0.356 e. The predicted molar refractivity (Wildman–Crippen MR) is 86.2 cm³/mol. The van der Waals surface area contributed by atoms with Crippen LogP contribution in [0.15, 0.2) is 4.99 Å². The maximum absolute atomic E-state index is 4.27. The first-order chi connectivity index (χ1) is 7.76. The molecule has 0 spiro atoms. The Hall–Kier alpha value is 0. The van der Waals surface area contributed by atoms with Crippen LogP contribution in [0, 0.1) is 5.92 Å². The van der Waals surface area contributed by atoms with Crippen molar-refractivity contribution >= 4 is 29.9 Å². The highest BCUT2D eigenvalue weighted by atomic mass is 127. The third kappa shape index (κ3) is 7.11. The quantitative estimate of drug-likeness (QED) is 0.353. The van der Waals surface area contributed by atoms with Crippen molar-refractivity contribution in [3.63, 3.8) is 0 Å². The molecule has 1 saturated carbocycles. The number of nitrogens with one attached hydrogen (secondary N) is 2. The van der Waals surface area contributed by atoms with Gasteiger partial charge in [-0.2, -0.15) is 0 Å². The lowest BCUT2D eigenvalue weighted by Crippen LogP contribution is -2.44. The van der Waals surface area contributed by atoms with Crippen LogP contribution in [0.5, 0.6) is 0 Å². The highest BCUT2D eigenvalue weighted by Crippen LogP contribution is 2.23. The van der Waals surface area contributed by atoms with Gasteiger partial charge in [-0.25, -0.2) is 0 Å². The normalized spacial score (nSPS) is 25.0. The van der Waals surface area contributed by atoms with Gasteiger partial charge in [-0.05, 0) is 38.0 Å². The lowest BCUT2D eigenvalue weighted by atomic mass is 9.87. The summed E-state index contributed by atoms with van der Waals surface area (Å²) in [7, 11) is 1.85. The van der Waals surface area contributed by atoms with Gasteiger partial charge in [0, 0.05) is 19.6 Å². The number of hydrogen-bond acceptors (Lipinski definition) is 1. The first kappa shape index (κ1) is 17.0. The second-order valence-electron chi connectivity index (χ2n) is 4.95. The minimum absolute atomic E-state index is 0. The maximum Gasteiger partial charge on any atom is 0.191 e. The molecule has 0 amide bonds. The molecule has 4 heteroatoms. The van der Waals surface area contributed by atoms with Crippen LogP contribution in [0.1, 0.15) is 52.4 Å². The number of hydrogen-bond donors (Lipinski definition) is 2. The Morgan fingerprint density at radius 2 is 1.88 bits per heavy atom. The molecule has 0 aliphatic heterocycles. The Morgan fingerprint density at radius 1 is 1.24 bits per heavy atom. The van der Waals surface area contributed by atoms with Crippen molar-refractivity contribution in [2.45, 2.75) is 58.4 Å². The first-order valence-electron chi connectivity index (χ1n) is 6.73. The standard InChI is InChI=1S/C13H27N3.HI/c1-4-5-10-15-13(14-3)16-12-8-6-11(2)7-9-12;/h11-12H,4-10H2,1-3H3,(H2,14,15,16);1H. The molecular weight excluding hydrogens is 325 g/mol. The van der Waals surface area contributed by atoms with Crippen LogP contribution in [0.2, 0.25) is 0 Å². The zero-order valence-electron chi connectivity index (χ0n) is 11.5. The second kappa shape index (κ2) is 9.97. The molecule has 3 nitrogen and oxygen atoms in total. The van der Waals surface area contributed by atoms with Crippen molar-refractivity contribution in [3.05, 3.63) is 0 Å². The number of unbranched alkanes of at least 4 members (excludes halogenated alkanes) is 1. The molecular formula is C13H28IN3. The summed E-state index contributed by atoms with van der Waals surface area (Å²) in [5.74, 6) is 1.89. The van der Waals surface area contributed by atoms with Gasteiger partial charge in [0.25, 0.3) is 0 Å². The lowest BCUT2D eigenvalue weighted by molar-refractivity contribution is 0.329. The lowest BCUT2D eigenvalue weighted by Gasteiger charge is -2.28. The van der Waals surface area contributed by atoms with Gasteiger partial charge in [-0.15, -0.1) is 24.0 Å². The van der Waals surface area contributed by atoms with Crippen molar-refractivity contribution in [2.75, 3.05) is 13.6 Å². The van der Waals surface area contributed by atoms with Crippen molar-refractivity contribution in [3.8, 4) is 0 Å². The highest BCUT2D eigenvalue weighted by Gasteiger charge is 2.18. The van der Waals surface area contributed by atoms with Crippen LogP contribution in [0.25, 0.3) is 0 Å². The fourth-order valence-electron chi connectivity index (χ4n) is 2.18. The van der Waals surface area contributed by atoms with E-state index in [9.17, 15) is 0 Å². The molecule has 0 unspecified atom stereocenters. The molecule has 0 bridgehead atoms. The number of rotatable bonds is 4. The first-order valence-corrected chi connectivity index (χ1v) is 6.73. The average Bonchev–Trinajstić information content (AvgIpc) is 2.31. The second-order valence-corrected chi connectivity index (χ2v) is 4.95. The van der Waals surface area contributed by atoms with Gasteiger partial charge in [0.2, 0.25) is 0 Å². The van der Waals surface area contributed by atoms with Crippen molar-refractivity contribution < 1.29 is 0 Å². The van der Waals surface area contributed by atoms with Gasteiger partial charge >= 0.3 is 0 Å². The third-order valence-electron chi connectivity index (χ3n) is 3.40. The average molecular weight is 353 g/mol. The molecule has 102 valence electrons. The van der Waals surface area contributed by atoms with E-state index in [1.165, 1.54) is 38.5 Å². The molecule has 0 aromatic carbocycles. The van der Waals surface area contributed by atoms with Gasteiger partial charge in [0.05, 0.1) is 0 Å². The van der Waals surface area contributed by atoms with Crippen LogP contribution in [-0.2, 0) is 0 Å². The van der Waals surface area contributed by atoms with E-state index in [2.05, 4.69) is 29.5 Å². The van der Waals surface area contributed by atoms with E-state index in [1.54, 1.807) is 0 Å². The smallest absolute Gasteiger partial charge is 0.191 e. The molecule has 0 aromatic heterocycles. The fourth-order valence-corrected chi connectivity index (χ4v) is 2.18. The van der Waals surface area contributed by atoms with E-state index in [1.807, 2.05) is 7.05 Å². The Bertz CT molecular complexity index is 211. The predicted octanol–water partition coefficient (Wildman–Crippen LogP) is 3.15. The molecule has 0 saturated heterocycles. The Kier molecular flexibility index (Phi) is 9.97. The van der Waals surface area contributed by atoms with Crippen molar-refractivity contribution in [1.29, 1.82) is 0 Å². The number of aliphatic imine (C=N–C) groups is 1. The van der Waals surface area contributed by atoms with E-state index in [4.69, 9.17) is 0 Å². The molecule has 0 atom stereocenters. The number of nitrogens with zero attached hydrogens (tertiary/aromatic N) is 1. The molecule has 1 aliphatic carbocycles. The van der Waals surface area contributed by atoms with Crippen molar-refractivity contribution in [1.82, 2.24) is 10.6 Å². The molecule has 1 fully saturated rings. The van der Waals surface area contributed by atoms with Gasteiger partial charge < -0.3 is 10.6 Å². The Labute approximate surface area is 123 Å². The summed E-state index contributed by atoms with van der Waals surface area (Å²) in [5.41, 5.74) is 0. The molecule has 0 heterocycles. The zero-order valence-corrected chi connectivity index (χ0v) is 13.8. The molecule has 0 radical (unpaired) electrons. The molecule has 1 rings (SSSR count). The summed E-state index contributed by atoms with van der Waals surface area (Å²) in [6, 6.07) is 0.629. The van der Waals surface area contributed by atoms with Crippen LogP contribution >= 0.6 is 24.0 Å². The zero-order chi connectivity index (χ0) is 11.8. The summed E-state index contributed by atoms with van der Waals surface area (Å²) in [4.78, 5) is 4.27. The van der Waals surface area contributed by atoms with E-state index >= 15 is 0 Å². The van der Waals surface area contributed by atoms with Gasteiger partial charge in [-0.3, -0.25) is 4.99 Å². The highest BCUT2D eigenvalue weighted by molar-refractivity contribution is 14.0. The van der Waals surface area contributed by atoms with Crippen LogP contribution in [0.4, 0.5) is 0 Å². The van der Waals surface area contributed by atoms with E-state index in [-0.39, 0.29) is 24.0 Å². The van der Waals surface area contributed by atoms with Crippen LogP contribution < -0.4 is 10.6 Å². The fraction of sp³-hybridized carbons (Fsp3) is 0.923. The number of halogens is 1. The minimum atomic E-state index is 0. The van der Waals surface area contributed by atoms with Crippen LogP contribution in [0.3, 0.4) is 0 Å². The summed E-state index contributed by atoms with van der Waals surface area (Å²) >= 11 is 0. The van der Waals surface area contributed by atoms with E-state index < -0.39 is 0 Å². The molecule has 17 heavy (non-hydrogen) atoms. The van der Waals surface area contributed by atoms with Gasteiger partial charge in [-0.1, -0.05) is 20.3 Å². The molecule has 2 N–H and O–H groups in total. The third-order valence-corrected chi connectivity index (χ3v) is 3.40.